The largest absolute Gasteiger partial charge is 0.469 e. The van der Waals surface area contributed by atoms with E-state index in [9.17, 15) is 14.0 Å². The smallest absolute Gasteiger partial charge is 0.307 e. The molecule has 0 aliphatic heterocycles. The molecule has 0 aliphatic rings. The van der Waals surface area contributed by atoms with Crippen LogP contribution in [-0.4, -0.2) is 37.0 Å². The van der Waals surface area contributed by atoms with E-state index in [1.807, 2.05) is 6.92 Å². The molecular weight excluding hydrogens is 285 g/mol. The maximum atomic E-state index is 12.9. The Bertz CT molecular complexity index is 473. The molecule has 1 aromatic rings. The van der Waals surface area contributed by atoms with Gasteiger partial charge in [-0.25, -0.2) is 4.39 Å². The van der Waals surface area contributed by atoms with Gasteiger partial charge < -0.3 is 9.64 Å². The molecule has 0 saturated carbocycles. The zero-order valence-electron chi connectivity index (χ0n) is 13.3. The topological polar surface area (TPSA) is 46.6 Å². The minimum absolute atomic E-state index is 0.0489. The Morgan fingerprint density at radius 2 is 1.82 bits per heavy atom. The van der Waals surface area contributed by atoms with Gasteiger partial charge in [-0.3, -0.25) is 9.59 Å². The SMILES string of the molecule is CCCCC(=O)N(CCC(=O)OC)CCc1ccc(F)cc1. The van der Waals surface area contributed by atoms with Crippen molar-refractivity contribution in [3.8, 4) is 0 Å². The Hall–Kier alpha value is -1.91. The number of methoxy groups -OCH3 is 1. The van der Waals surface area contributed by atoms with Crippen molar-refractivity contribution in [1.82, 2.24) is 4.90 Å². The van der Waals surface area contributed by atoms with Crippen LogP contribution in [-0.2, 0) is 20.7 Å². The van der Waals surface area contributed by atoms with Crippen molar-refractivity contribution >= 4 is 11.9 Å². The molecule has 4 nitrogen and oxygen atoms in total. The zero-order valence-corrected chi connectivity index (χ0v) is 13.3. The average Bonchev–Trinajstić information content (AvgIpc) is 2.53. The summed E-state index contributed by atoms with van der Waals surface area (Å²) in [5.74, 6) is -0.548. The van der Waals surface area contributed by atoms with Crippen molar-refractivity contribution < 1.29 is 18.7 Å². The molecule has 1 rings (SSSR count). The number of hydrogen-bond donors (Lipinski definition) is 0. The van der Waals surface area contributed by atoms with Crippen LogP contribution in [0.4, 0.5) is 4.39 Å². The maximum Gasteiger partial charge on any atom is 0.307 e. The first kappa shape index (κ1) is 18.1. The van der Waals surface area contributed by atoms with Gasteiger partial charge in [0.25, 0.3) is 0 Å². The molecule has 0 bridgehead atoms. The first-order valence-electron chi connectivity index (χ1n) is 7.65. The van der Waals surface area contributed by atoms with E-state index in [1.54, 1.807) is 17.0 Å². The monoisotopic (exact) mass is 309 g/mol. The van der Waals surface area contributed by atoms with E-state index in [0.29, 0.717) is 25.9 Å². The van der Waals surface area contributed by atoms with Crippen LogP contribution in [0.1, 0.15) is 38.2 Å². The third-order valence-corrected chi connectivity index (χ3v) is 3.49. The van der Waals surface area contributed by atoms with Crippen molar-refractivity contribution in [2.24, 2.45) is 0 Å². The van der Waals surface area contributed by atoms with Gasteiger partial charge in [0.15, 0.2) is 0 Å². The number of halogens is 1. The molecule has 0 fully saturated rings. The zero-order chi connectivity index (χ0) is 16.4. The average molecular weight is 309 g/mol. The number of benzene rings is 1. The van der Waals surface area contributed by atoms with Gasteiger partial charge >= 0.3 is 5.97 Å². The molecule has 1 aromatic carbocycles. The number of hydrogen-bond acceptors (Lipinski definition) is 3. The predicted molar refractivity (Wildman–Crippen MR) is 82.8 cm³/mol. The Morgan fingerprint density at radius 3 is 2.41 bits per heavy atom. The number of rotatable bonds is 9. The molecule has 0 heterocycles. The molecular formula is C17H24FNO3. The molecule has 0 saturated heterocycles. The van der Waals surface area contributed by atoms with Gasteiger partial charge in [-0.05, 0) is 30.5 Å². The van der Waals surface area contributed by atoms with E-state index >= 15 is 0 Å². The normalized spacial score (nSPS) is 10.3. The lowest BCUT2D eigenvalue weighted by Crippen LogP contribution is -2.34. The number of nitrogens with zero attached hydrogens (tertiary/aromatic N) is 1. The van der Waals surface area contributed by atoms with Crippen LogP contribution >= 0.6 is 0 Å². The van der Waals surface area contributed by atoms with Crippen LogP contribution < -0.4 is 0 Å². The van der Waals surface area contributed by atoms with Gasteiger partial charge in [-0.15, -0.1) is 0 Å². The van der Waals surface area contributed by atoms with E-state index in [-0.39, 0.29) is 24.1 Å². The minimum Gasteiger partial charge on any atom is -0.469 e. The lowest BCUT2D eigenvalue weighted by Gasteiger charge is -2.22. The summed E-state index contributed by atoms with van der Waals surface area (Å²) in [6.45, 7) is 2.91. The summed E-state index contributed by atoms with van der Waals surface area (Å²) in [6, 6.07) is 6.24. The highest BCUT2D eigenvalue weighted by molar-refractivity contribution is 5.77. The van der Waals surface area contributed by atoms with Crippen LogP contribution in [0, 0.1) is 5.82 Å². The third kappa shape index (κ3) is 6.70. The summed E-state index contributed by atoms with van der Waals surface area (Å²) < 4.78 is 17.5. The van der Waals surface area contributed by atoms with E-state index < -0.39 is 0 Å². The Kier molecular flexibility index (Phi) is 8.18. The van der Waals surface area contributed by atoms with E-state index in [2.05, 4.69) is 4.74 Å². The second-order valence-electron chi connectivity index (χ2n) is 5.19. The number of carbonyl (C=O) groups excluding carboxylic acids is 2. The number of amides is 1. The fourth-order valence-corrected chi connectivity index (χ4v) is 2.09. The van der Waals surface area contributed by atoms with Gasteiger partial charge in [0, 0.05) is 19.5 Å². The van der Waals surface area contributed by atoms with Gasteiger partial charge in [0.1, 0.15) is 5.82 Å². The van der Waals surface area contributed by atoms with Gasteiger partial charge in [0.05, 0.1) is 13.5 Å². The minimum atomic E-state index is -0.324. The predicted octanol–water partition coefficient (Wildman–Crippen LogP) is 2.95. The Morgan fingerprint density at radius 1 is 1.14 bits per heavy atom. The number of carbonyl (C=O) groups is 2. The molecule has 0 aliphatic carbocycles. The van der Waals surface area contributed by atoms with Crippen LogP contribution in [0.15, 0.2) is 24.3 Å². The Balaban J connectivity index is 2.57. The fourth-order valence-electron chi connectivity index (χ4n) is 2.09. The van der Waals surface area contributed by atoms with Crippen molar-refractivity contribution in [2.45, 2.75) is 39.0 Å². The molecule has 0 radical (unpaired) electrons. The molecule has 0 spiro atoms. The van der Waals surface area contributed by atoms with E-state index in [4.69, 9.17) is 0 Å². The molecule has 0 aromatic heterocycles. The summed E-state index contributed by atoms with van der Waals surface area (Å²) >= 11 is 0. The first-order valence-corrected chi connectivity index (χ1v) is 7.65. The highest BCUT2D eigenvalue weighted by Crippen LogP contribution is 2.07. The maximum absolute atomic E-state index is 12.9. The lowest BCUT2D eigenvalue weighted by molar-refractivity contribution is -0.141. The van der Waals surface area contributed by atoms with Crippen LogP contribution in [0.5, 0.6) is 0 Å². The molecule has 22 heavy (non-hydrogen) atoms. The van der Waals surface area contributed by atoms with Crippen molar-refractivity contribution in [3.63, 3.8) is 0 Å². The molecule has 122 valence electrons. The number of esters is 1. The highest BCUT2D eigenvalue weighted by Gasteiger charge is 2.14. The van der Waals surface area contributed by atoms with Crippen LogP contribution in [0.2, 0.25) is 0 Å². The van der Waals surface area contributed by atoms with E-state index in [1.165, 1.54) is 19.2 Å². The van der Waals surface area contributed by atoms with Crippen molar-refractivity contribution in [3.05, 3.63) is 35.6 Å². The molecule has 0 N–H and O–H groups in total. The summed E-state index contributed by atoms with van der Waals surface area (Å²) in [5, 5.41) is 0. The Labute approximate surface area is 131 Å². The second-order valence-corrected chi connectivity index (χ2v) is 5.19. The van der Waals surface area contributed by atoms with Crippen LogP contribution in [0.25, 0.3) is 0 Å². The standard InChI is InChI=1S/C17H24FNO3/c1-3-4-5-16(20)19(13-11-17(21)22-2)12-10-14-6-8-15(18)9-7-14/h6-9H,3-5,10-13H2,1-2H3. The van der Waals surface area contributed by atoms with E-state index in [0.717, 1.165) is 18.4 Å². The number of ether oxygens (including phenoxy) is 1. The summed E-state index contributed by atoms with van der Waals surface area (Å²) in [4.78, 5) is 25.1. The van der Waals surface area contributed by atoms with Gasteiger partial charge in [-0.1, -0.05) is 25.5 Å². The molecule has 0 unspecified atom stereocenters. The summed E-state index contributed by atoms with van der Waals surface area (Å²) in [7, 11) is 1.34. The van der Waals surface area contributed by atoms with Gasteiger partial charge in [-0.2, -0.15) is 0 Å². The van der Waals surface area contributed by atoms with Crippen molar-refractivity contribution in [2.75, 3.05) is 20.2 Å². The van der Waals surface area contributed by atoms with Crippen LogP contribution in [0.3, 0.4) is 0 Å². The molecule has 0 atom stereocenters. The second kappa shape index (κ2) is 9.92. The summed E-state index contributed by atoms with van der Waals surface area (Å²) in [6.07, 6.45) is 3.11. The molecule has 1 amide bonds. The van der Waals surface area contributed by atoms with Crippen molar-refractivity contribution in [1.29, 1.82) is 0 Å². The first-order chi connectivity index (χ1) is 10.6. The fraction of sp³-hybridized carbons (Fsp3) is 0.529. The quantitative estimate of drug-likeness (QED) is 0.659. The lowest BCUT2D eigenvalue weighted by atomic mass is 10.1. The number of unbranched alkanes of at least 4 members (excludes halogenated alkanes) is 1. The summed E-state index contributed by atoms with van der Waals surface area (Å²) in [5.41, 5.74) is 0.966. The molecule has 5 heteroatoms. The van der Waals surface area contributed by atoms with Gasteiger partial charge in [0.2, 0.25) is 5.91 Å². The third-order valence-electron chi connectivity index (χ3n) is 3.49. The highest BCUT2D eigenvalue weighted by atomic mass is 19.1.